The molecule has 0 aliphatic rings. The molecule has 0 heterocycles. The zero-order chi connectivity index (χ0) is 18.4. The summed E-state index contributed by atoms with van der Waals surface area (Å²) in [5.41, 5.74) is 4.84. The van der Waals surface area contributed by atoms with Crippen LogP contribution >= 0.6 is 0 Å². The highest BCUT2D eigenvalue weighted by atomic mass is 19.4. The van der Waals surface area contributed by atoms with Crippen LogP contribution in [0.25, 0.3) is 0 Å². The van der Waals surface area contributed by atoms with Crippen molar-refractivity contribution in [1.29, 1.82) is 0 Å². The van der Waals surface area contributed by atoms with Crippen LogP contribution in [-0.2, 0) is 11.2 Å². The number of hydrogen-bond acceptors (Lipinski definition) is 3. The van der Waals surface area contributed by atoms with Gasteiger partial charge in [0.15, 0.2) is 0 Å². The number of ether oxygens (including phenoxy) is 1. The average molecular weight is 356 g/mol. The van der Waals surface area contributed by atoms with Crippen LogP contribution in [-0.4, -0.2) is 18.2 Å². The standard InChI is InChI=1S/C16H12F4N2O3/c17-12-5-1-10(2-6-12)9-14(23)21-22-15(24)11-3-7-13(8-4-11)25-16(18,19)20/h1-8H,9H2,(H,21,23)(H,22,24). The van der Waals surface area contributed by atoms with Crippen LogP contribution in [0.2, 0.25) is 0 Å². The summed E-state index contributed by atoms with van der Waals surface area (Å²) < 4.78 is 52.6. The first-order chi connectivity index (χ1) is 11.7. The van der Waals surface area contributed by atoms with Crippen LogP contribution in [0.4, 0.5) is 17.6 Å². The van der Waals surface area contributed by atoms with E-state index in [0.29, 0.717) is 5.56 Å². The Bertz CT molecular complexity index is 743. The second kappa shape index (κ2) is 7.65. The Labute approximate surface area is 139 Å². The second-order valence-corrected chi connectivity index (χ2v) is 4.88. The van der Waals surface area contributed by atoms with E-state index in [2.05, 4.69) is 15.6 Å². The Morgan fingerprint density at radius 1 is 0.920 bits per heavy atom. The number of hydrazine groups is 1. The van der Waals surface area contributed by atoms with Gasteiger partial charge in [0.2, 0.25) is 5.91 Å². The van der Waals surface area contributed by atoms with Crippen molar-refractivity contribution in [2.45, 2.75) is 12.8 Å². The molecule has 0 atom stereocenters. The van der Waals surface area contributed by atoms with Crippen LogP contribution in [0.1, 0.15) is 15.9 Å². The molecule has 2 aromatic carbocycles. The van der Waals surface area contributed by atoms with Crippen molar-refractivity contribution < 1.29 is 31.9 Å². The number of carbonyl (C=O) groups is 2. The quantitative estimate of drug-likeness (QED) is 0.654. The first-order valence-electron chi connectivity index (χ1n) is 6.92. The maximum Gasteiger partial charge on any atom is 0.573 e. The average Bonchev–Trinajstić information content (AvgIpc) is 2.54. The van der Waals surface area contributed by atoms with E-state index in [1.54, 1.807) is 0 Å². The van der Waals surface area contributed by atoms with Gasteiger partial charge >= 0.3 is 6.36 Å². The zero-order valence-corrected chi connectivity index (χ0v) is 12.6. The van der Waals surface area contributed by atoms with Crippen molar-refractivity contribution in [3.8, 4) is 5.75 Å². The van der Waals surface area contributed by atoms with Gasteiger partial charge in [-0.2, -0.15) is 0 Å². The molecule has 2 amide bonds. The van der Waals surface area contributed by atoms with E-state index in [4.69, 9.17) is 0 Å². The van der Waals surface area contributed by atoms with Crippen LogP contribution in [0, 0.1) is 5.82 Å². The van der Waals surface area contributed by atoms with Crippen molar-refractivity contribution in [2.24, 2.45) is 0 Å². The summed E-state index contributed by atoms with van der Waals surface area (Å²) in [7, 11) is 0. The molecule has 0 aromatic heterocycles. The number of rotatable bonds is 4. The Kier molecular flexibility index (Phi) is 5.58. The van der Waals surface area contributed by atoms with Gasteiger partial charge in [-0.15, -0.1) is 13.2 Å². The topological polar surface area (TPSA) is 67.4 Å². The van der Waals surface area contributed by atoms with Gasteiger partial charge in [-0.1, -0.05) is 12.1 Å². The molecule has 0 unspecified atom stereocenters. The van der Waals surface area contributed by atoms with Gasteiger partial charge in [0.25, 0.3) is 5.91 Å². The van der Waals surface area contributed by atoms with Crippen LogP contribution in [0.15, 0.2) is 48.5 Å². The van der Waals surface area contributed by atoms with E-state index in [0.717, 1.165) is 24.3 Å². The SMILES string of the molecule is O=C(Cc1ccc(F)cc1)NNC(=O)c1ccc(OC(F)(F)F)cc1. The zero-order valence-electron chi connectivity index (χ0n) is 12.6. The second-order valence-electron chi connectivity index (χ2n) is 4.88. The summed E-state index contributed by atoms with van der Waals surface area (Å²) in [5.74, 6) is -2.16. The fourth-order valence-corrected chi connectivity index (χ4v) is 1.84. The van der Waals surface area contributed by atoms with Gasteiger partial charge in [0.05, 0.1) is 6.42 Å². The molecular weight excluding hydrogens is 344 g/mol. The van der Waals surface area contributed by atoms with E-state index < -0.39 is 29.7 Å². The molecule has 0 bridgehead atoms. The third-order valence-electron chi connectivity index (χ3n) is 2.94. The highest BCUT2D eigenvalue weighted by Crippen LogP contribution is 2.22. The van der Waals surface area contributed by atoms with Gasteiger partial charge in [-0.3, -0.25) is 20.4 Å². The maximum atomic E-state index is 12.8. The third-order valence-corrected chi connectivity index (χ3v) is 2.94. The molecule has 9 heteroatoms. The minimum Gasteiger partial charge on any atom is -0.406 e. The lowest BCUT2D eigenvalue weighted by Crippen LogP contribution is -2.42. The molecule has 0 aliphatic carbocycles. The Hall–Kier alpha value is -3.10. The number of benzene rings is 2. The molecule has 0 spiro atoms. The van der Waals surface area contributed by atoms with Crippen LogP contribution in [0.5, 0.6) is 5.75 Å². The van der Waals surface area contributed by atoms with Gasteiger partial charge in [-0.05, 0) is 42.0 Å². The van der Waals surface area contributed by atoms with Gasteiger partial charge in [0.1, 0.15) is 11.6 Å². The van der Waals surface area contributed by atoms with Crippen molar-refractivity contribution >= 4 is 11.8 Å². The van der Waals surface area contributed by atoms with Crippen molar-refractivity contribution in [1.82, 2.24) is 10.9 Å². The van der Waals surface area contributed by atoms with Gasteiger partial charge in [-0.25, -0.2) is 4.39 Å². The molecule has 25 heavy (non-hydrogen) atoms. The lowest BCUT2D eigenvalue weighted by atomic mass is 10.1. The Balaban J connectivity index is 1.85. The van der Waals surface area contributed by atoms with Crippen LogP contribution < -0.4 is 15.6 Å². The fraction of sp³-hybridized carbons (Fsp3) is 0.125. The molecule has 2 aromatic rings. The molecule has 0 saturated heterocycles. The number of hydrogen-bond donors (Lipinski definition) is 2. The molecule has 0 aliphatic heterocycles. The van der Waals surface area contributed by atoms with Gasteiger partial charge < -0.3 is 4.74 Å². The van der Waals surface area contributed by atoms with Crippen LogP contribution in [0.3, 0.4) is 0 Å². The number of alkyl halides is 3. The van der Waals surface area contributed by atoms with Gasteiger partial charge in [0, 0.05) is 5.56 Å². The monoisotopic (exact) mass is 356 g/mol. The van der Waals surface area contributed by atoms with E-state index in [1.165, 1.54) is 24.3 Å². The minimum atomic E-state index is -4.82. The largest absolute Gasteiger partial charge is 0.573 e. The van der Waals surface area contributed by atoms with Crippen molar-refractivity contribution in [2.75, 3.05) is 0 Å². The predicted octanol–water partition coefficient (Wildman–Crippen LogP) is 2.73. The summed E-state index contributed by atoms with van der Waals surface area (Å²) >= 11 is 0. The predicted molar refractivity (Wildman–Crippen MR) is 78.8 cm³/mol. The third kappa shape index (κ3) is 6.13. The maximum absolute atomic E-state index is 12.8. The fourth-order valence-electron chi connectivity index (χ4n) is 1.84. The number of amides is 2. The molecule has 132 valence electrons. The molecule has 0 saturated carbocycles. The van der Waals surface area contributed by atoms with E-state index in [-0.39, 0.29) is 12.0 Å². The van der Waals surface area contributed by atoms with E-state index >= 15 is 0 Å². The summed E-state index contributed by atoms with van der Waals surface area (Å²) in [6.07, 6.45) is -4.91. The first kappa shape index (κ1) is 18.2. The smallest absolute Gasteiger partial charge is 0.406 e. The molecule has 0 fully saturated rings. The Morgan fingerprint density at radius 2 is 1.52 bits per heavy atom. The normalized spacial score (nSPS) is 10.9. The molecule has 5 nitrogen and oxygen atoms in total. The molecular formula is C16H12F4N2O3. The molecule has 2 rings (SSSR count). The summed E-state index contributed by atoms with van der Waals surface area (Å²) in [5, 5.41) is 0. The number of carbonyl (C=O) groups excluding carboxylic acids is 2. The van der Waals surface area contributed by atoms with Crippen molar-refractivity contribution in [3.05, 3.63) is 65.5 Å². The number of halogens is 4. The molecule has 2 N–H and O–H groups in total. The highest BCUT2D eigenvalue weighted by molar-refractivity contribution is 5.95. The number of nitrogens with one attached hydrogen (secondary N) is 2. The lowest BCUT2D eigenvalue weighted by molar-refractivity contribution is -0.274. The highest BCUT2D eigenvalue weighted by Gasteiger charge is 2.31. The van der Waals surface area contributed by atoms with E-state index in [9.17, 15) is 27.2 Å². The minimum absolute atomic E-state index is 0.0246. The molecule has 0 radical (unpaired) electrons. The summed E-state index contributed by atoms with van der Waals surface area (Å²) in [6.45, 7) is 0. The summed E-state index contributed by atoms with van der Waals surface area (Å²) in [6, 6.07) is 9.43. The Morgan fingerprint density at radius 3 is 2.08 bits per heavy atom. The summed E-state index contributed by atoms with van der Waals surface area (Å²) in [4.78, 5) is 23.5. The van der Waals surface area contributed by atoms with Crippen molar-refractivity contribution in [3.63, 3.8) is 0 Å². The lowest BCUT2D eigenvalue weighted by Gasteiger charge is -2.10. The van der Waals surface area contributed by atoms with E-state index in [1.807, 2.05) is 0 Å². The first-order valence-corrected chi connectivity index (χ1v) is 6.92.